The third kappa shape index (κ3) is 4.90. The van der Waals surface area contributed by atoms with Gasteiger partial charge in [-0.2, -0.15) is 23.4 Å². The second kappa shape index (κ2) is 9.14. The fourth-order valence-corrected chi connectivity index (χ4v) is 4.11. The number of fused-ring (bicyclic) bond motifs is 2. The van der Waals surface area contributed by atoms with Crippen molar-refractivity contribution in [2.75, 3.05) is 6.54 Å². The Morgan fingerprint density at radius 1 is 1.06 bits per heavy atom. The number of hydrogen-bond acceptors (Lipinski definition) is 4. The Morgan fingerprint density at radius 3 is 2.60 bits per heavy atom. The molecule has 178 valence electrons. The van der Waals surface area contributed by atoms with Gasteiger partial charge < -0.3 is 5.32 Å². The number of amides is 1. The summed E-state index contributed by atoms with van der Waals surface area (Å²) >= 11 is 3.31. The molecule has 3 heterocycles. The molecule has 1 amide bonds. The van der Waals surface area contributed by atoms with Crippen LogP contribution in [0, 0.1) is 0 Å². The van der Waals surface area contributed by atoms with Crippen molar-refractivity contribution in [3.63, 3.8) is 0 Å². The maximum Gasteiger partial charge on any atom is 0.433 e. The zero-order chi connectivity index (χ0) is 24.6. The van der Waals surface area contributed by atoms with E-state index in [0.717, 1.165) is 21.3 Å². The maximum atomic E-state index is 13.9. The van der Waals surface area contributed by atoms with Crippen LogP contribution in [0.2, 0.25) is 0 Å². The van der Waals surface area contributed by atoms with Crippen LogP contribution < -0.4 is 5.32 Å². The fourth-order valence-electron chi connectivity index (χ4n) is 3.78. The van der Waals surface area contributed by atoms with Crippen molar-refractivity contribution < 1.29 is 18.0 Å². The normalized spacial score (nSPS) is 11.9. The highest BCUT2D eigenvalue weighted by molar-refractivity contribution is 9.10. The van der Waals surface area contributed by atoms with E-state index in [1.165, 1.54) is 6.07 Å². The Morgan fingerprint density at radius 2 is 1.86 bits per heavy atom. The Balaban J connectivity index is 1.42. The third-order valence-electron chi connectivity index (χ3n) is 5.45. The molecule has 0 atom stereocenters. The van der Waals surface area contributed by atoms with Crippen LogP contribution >= 0.6 is 15.9 Å². The lowest BCUT2D eigenvalue weighted by atomic mass is 10.0. The van der Waals surface area contributed by atoms with Crippen LogP contribution in [-0.2, 0) is 12.7 Å². The molecule has 0 aliphatic heterocycles. The van der Waals surface area contributed by atoms with Gasteiger partial charge >= 0.3 is 6.18 Å². The highest BCUT2D eigenvalue weighted by Gasteiger charge is 2.35. The third-order valence-corrected chi connectivity index (χ3v) is 5.86. The minimum atomic E-state index is -4.69. The summed E-state index contributed by atoms with van der Waals surface area (Å²) in [6, 6.07) is 15.1. The van der Waals surface area contributed by atoms with Crippen LogP contribution in [0.15, 0.2) is 71.5 Å². The minimum Gasteiger partial charge on any atom is -0.351 e. The van der Waals surface area contributed by atoms with E-state index in [0.29, 0.717) is 29.6 Å². The molecule has 0 saturated heterocycles. The molecule has 0 unspecified atom stereocenters. The number of alkyl halides is 3. The van der Waals surface area contributed by atoms with Gasteiger partial charge in [0.15, 0.2) is 17.0 Å². The van der Waals surface area contributed by atoms with Crippen LogP contribution in [-0.4, -0.2) is 36.8 Å². The minimum absolute atomic E-state index is 0.0606. The van der Waals surface area contributed by atoms with E-state index in [2.05, 4.69) is 36.4 Å². The number of aromatic nitrogens is 5. The van der Waals surface area contributed by atoms with Gasteiger partial charge in [-0.1, -0.05) is 36.4 Å². The summed E-state index contributed by atoms with van der Waals surface area (Å²) in [6.45, 7) is 0.887. The molecule has 7 nitrogen and oxygen atoms in total. The van der Waals surface area contributed by atoms with E-state index in [9.17, 15) is 18.0 Å². The highest BCUT2D eigenvalue weighted by Crippen LogP contribution is 2.33. The molecule has 35 heavy (non-hydrogen) atoms. The molecule has 0 saturated carbocycles. The first-order valence-corrected chi connectivity index (χ1v) is 11.5. The summed E-state index contributed by atoms with van der Waals surface area (Å²) in [5.74, 6) is -0.572. The van der Waals surface area contributed by atoms with E-state index in [1.54, 1.807) is 29.2 Å². The Hall–Kier alpha value is -3.73. The second-order valence-corrected chi connectivity index (χ2v) is 8.83. The standard InChI is InChI=1S/C24H18BrF3N6O/c25-18-13-30-33(14-18)9-3-8-29-23(35)20-12-22-31-19(11-21(24(26,27)28)34(22)32-20)17-7-6-15-4-1-2-5-16(15)10-17/h1-2,4-7,10-14H,3,8-9H2,(H,29,35). The van der Waals surface area contributed by atoms with E-state index in [-0.39, 0.29) is 17.0 Å². The van der Waals surface area contributed by atoms with Crippen LogP contribution in [0.4, 0.5) is 13.2 Å². The molecule has 2 aromatic carbocycles. The first kappa shape index (κ1) is 23.0. The van der Waals surface area contributed by atoms with E-state index >= 15 is 0 Å². The Bertz CT molecular complexity index is 1540. The van der Waals surface area contributed by atoms with Crippen molar-refractivity contribution >= 4 is 38.3 Å². The topological polar surface area (TPSA) is 77.1 Å². The molecular formula is C24H18BrF3N6O. The number of hydrogen-bond donors (Lipinski definition) is 1. The van der Waals surface area contributed by atoms with Gasteiger partial charge in [0.25, 0.3) is 5.91 Å². The average Bonchev–Trinajstić information content (AvgIpc) is 3.46. The summed E-state index contributed by atoms with van der Waals surface area (Å²) < 4.78 is 44.9. The van der Waals surface area contributed by atoms with Gasteiger partial charge in [-0.05, 0) is 45.3 Å². The number of rotatable bonds is 6. The lowest BCUT2D eigenvalue weighted by Crippen LogP contribution is -2.26. The number of nitrogens with zero attached hydrogens (tertiary/aromatic N) is 5. The molecule has 11 heteroatoms. The Labute approximate surface area is 205 Å². The van der Waals surface area contributed by atoms with Crippen molar-refractivity contribution in [3.05, 3.63) is 82.9 Å². The molecule has 0 aliphatic carbocycles. The summed E-state index contributed by atoms with van der Waals surface area (Å²) in [6.07, 6.45) is -0.635. The molecule has 0 fully saturated rings. The van der Waals surface area contributed by atoms with E-state index in [4.69, 9.17) is 0 Å². The summed E-state index contributed by atoms with van der Waals surface area (Å²) in [5, 5.41) is 12.6. The molecule has 1 N–H and O–H groups in total. The van der Waals surface area contributed by atoms with Crippen LogP contribution in [0.5, 0.6) is 0 Å². The van der Waals surface area contributed by atoms with Gasteiger partial charge in [0.2, 0.25) is 0 Å². The predicted molar refractivity (Wildman–Crippen MR) is 128 cm³/mol. The second-order valence-electron chi connectivity index (χ2n) is 7.92. The van der Waals surface area contributed by atoms with E-state index < -0.39 is 17.8 Å². The van der Waals surface area contributed by atoms with Crippen molar-refractivity contribution in [1.29, 1.82) is 0 Å². The molecule has 0 aliphatic rings. The SMILES string of the molecule is O=C(NCCCn1cc(Br)cn1)c1cc2nc(-c3ccc4ccccc4c3)cc(C(F)(F)F)n2n1. The van der Waals surface area contributed by atoms with Crippen molar-refractivity contribution in [2.24, 2.45) is 0 Å². The quantitative estimate of drug-likeness (QED) is 0.293. The number of benzene rings is 2. The first-order valence-electron chi connectivity index (χ1n) is 10.7. The summed E-state index contributed by atoms with van der Waals surface area (Å²) in [5.41, 5.74) is -0.522. The molecule has 0 radical (unpaired) electrons. The van der Waals surface area contributed by atoms with Gasteiger partial charge in [0, 0.05) is 30.9 Å². The number of aryl methyl sites for hydroxylation is 1. The molecule has 0 bridgehead atoms. The van der Waals surface area contributed by atoms with Gasteiger partial charge in [-0.25, -0.2) is 9.50 Å². The molecular weight excluding hydrogens is 525 g/mol. The molecule has 3 aromatic heterocycles. The van der Waals surface area contributed by atoms with Gasteiger partial charge in [0.1, 0.15) is 0 Å². The smallest absolute Gasteiger partial charge is 0.351 e. The van der Waals surface area contributed by atoms with Gasteiger partial charge in [0.05, 0.1) is 16.4 Å². The summed E-state index contributed by atoms with van der Waals surface area (Å²) in [7, 11) is 0. The zero-order valence-corrected chi connectivity index (χ0v) is 19.7. The number of carbonyl (C=O) groups is 1. The lowest BCUT2D eigenvalue weighted by molar-refractivity contribution is -0.142. The largest absolute Gasteiger partial charge is 0.433 e. The molecule has 0 spiro atoms. The fraction of sp³-hybridized carbons (Fsp3) is 0.167. The number of nitrogens with one attached hydrogen (secondary N) is 1. The average molecular weight is 543 g/mol. The lowest BCUT2D eigenvalue weighted by Gasteiger charge is -2.11. The van der Waals surface area contributed by atoms with Gasteiger partial charge in [-0.15, -0.1) is 0 Å². The molecule has 5 rings (SSSR count). The van der Waals surface area contributed by atoms with Gasteiger partial charge in [-0.3, -0.25) is 9.48 Å². The van der Waals surface area contributed by atoms with Crippen molar-refractivity contribution in [1.82, 2.24) is 29.7 Å². The maximum absolute atomic E-state index is 13.9. The predicted octanol–water partition coefficient (Wildman–Crippen LogP) is 5.35. The molecule has 5 aromatic rings. The number of carbonyl (C=O) groups excluding carboxylic acids is 1. The highest BCUT2D eigenvalue weighted by atomic mass is 79.9. The zero-order valence-electron chi connectivity index (χ0n) is 18.1. The van der Waals surface area contributed by atoms with Crippen molar-refractivity contribution in [2.45, 2.75) is 19.1 Å². The Kier molecular flexibility index (Phi) is 6.01. The van der Waals surface area contributed by atoms with Crippen LogP contribution in [0.1, 0.15) is 22.6 Å². The monoisotopic (exact) mass is 542 g/mol. The van der Waals surface area contributed by atoms with Crippen LogP contribution in [0.25, 0.3) is 27.7 Å². The first-order chi connectivity index (χ1) is 16.8. The summed E-state index contributed by atoms with van der Waals surface area (Å²) in [4.78, 5) is 16.9. The van der Waals surface area contributed by atoms with E-state index in [1.807, 2.05) is 30.3 Å². The number of halogens is 4. The van der Waals surface area contributed by atoms with Crippen molar-refractivity contribution in [3.8, 4) is 11.3 Å². The van der Waals surface area contributed by atoms with Crippen LogP contribution in [0.3, 0.4) is 0 Å².